The topological polar surface area (TPSA) is 95.9 Å². The first-order chi connectivity index (χ1) is 16.8. The van der Waals surface area contributed by atoms with E-state index in [9.17, 15) is 14.4 Å². The van der Waals surface area contributed by atoms with Gasteiger partial charge in [-0.25, -0.2) is 4.79 Å². The van der Waals surface area contributed by atoms with Gasteiger partial charge in [0.2, 0.25) is 5.91 Å². The van der Waals surface area contributed by atoms with Crippen LogP contribution >= 0.6 is 0 Å². The summed E-state index contributed by atoms with van der Waals surface area (Å²) in [5.74, 6) is -0.642. The molecule has 2 N–H and O–H groups in total. The number of carbonyl (C=O) groups excluding carboxylic acids is 2. The summed E-state index contributed by atoms with van der Waals surface area (Å²) in [7, 11) is 0. The van der Waals surface area contributed by atoms with E-state index in [-0.39, 0.29) is 49.4 Å². The van der Waals surface area contributed by atoms with Crippen LogP contribution in [0.15, 0.2) is 48.5 Å². The molecule has 7 nitrogen and oxygen atoms in total. The molecule has 2 amide bonds. The zero-order chi connectivity index (χ0) is 24.7. The molecule has 5 rings (SSSR count). The Morgan fingerprint density at radius 1 is 1.06 bits per heavy atom. The molecule has 0 aromatic heterocycles. The predicted molar refractivity (Wildman–Crippen MR) is 131 cm³/mol. The fourth-order valence-electron chi connectivity index (χ4n) is 6.17. The van der Waals surface area contributed by atoms with Crippen LogP contribution in [0.25, 0.3) is 11.1 Å². The van der Waals surface area contributed by atoms with Crippen molar-refractivity contribution >= 4 is 18.0 Å². The van der Waals surface area contributed by atoms with Crippen molar-refractivity contribution in [2.75, 3.05) is 13.2 Å². The van der Waals surface area contributed by atoms with E-state index in [1.54, 1.807) is 4.90 Å². The molecule has 0 spiro atoms. The average molecular weight is 477 g/mol. The normalized spacial score (nSPS) is 23.9. The average Bonchev–Trinajstić information content (AvgIpc) is 3.25. The number of carboxylic acids is 1. The lowest BCUT2D eigenvalue weighted by molar-refractivity contribution is -0.142. The number of aliphatic carboxylic acids is 1. The summed E-state index contributed by atoms with van der Waals surface area (Å²) in [6.07, 6.45) is 1.63. The van der Waals surface area contributed by atoms with Gasteiger partial charge in [0.05, 0.1) is 11.8 Å². The van der Waals surface area contributed by atoms with Crippen molar-refractivity contribution in [3.63, 3.8) is 0 Å². The molecule has 0 heterocycles. The standard InChI is InChI=1S/C28H32N2O5/c1-17(2)30(12-11-25(31)32)26(33)28-14-18(28)13-19(15-28)29-27(34)35-16-24-22-9-5-3-7-20(22)21-8-4-6-10-23(21)24/h3-10,17-19,24H,11-16H2,1-2H3,(H,29,34)(H,31,32)/t18-,19+,28+/m0/s1. The lowest BCUT2D eigenvalue weighted by Crippen LogP contribution is -2.44. The molecule has 2 aromatic rings. The van der Waals surface area contributed by atoms with Gasteiger partial charge in [-0.05, 0) is 61.3 Å². The molecule has 2 aromatic carbocycles. The van der Waals surface area contributed by atoms with E-state index in [4.69, 9.17) is 9.84 Å². The predicted octanol–water partition coefficient (Wildman–Crippen LogP) is 4.41. The maximum absolute atomic E-state index is 13.3. The number of nitrogens with one attached hydrogen (secondary N) is 1. The van der Waals surface area contributed by atoms with Gasteiger partial charge >= 0.3 is 12.1 Å². The third kappa shape index (κ3) is 4.28. The smallest absolute Gasteiger partial charge is 0.407 e. The van der Waals surface area contributed by atoms with Gasteiger partial charge in [0.15, 0.2) is 0 Å². The van der Waals surface area contributed by atoms with Crippen LogP contribution < -0.4 is 5.32 Å². The highest BCUT2D eigenvalue weighted by atomic mass is 16.5. The monoisotopic (exact) mass is 476 g/mol. The first-order valence-electron chi connectivity index (χ1n) is 12.4. The molecule has 184 valence electrons. The molecule has 0 bridgehead atoms. The Labute approximate surface area is 205 Å². The molecule has 35 heavy (non-hydrogen) atoms. The minimum absolute atomic E-state index is 0.00638. The van der Waals surface area contributed by atoms with Crippen molar-refractivity contribution in [1.29, 1.82) is 0 Å². The largest absolute Gasteiger partial charge is 0.481 e. The number of nitrogens with zero attached hydrogens (tertiary/aromatic N) is 1. The minimum Gasteiger partial charge on any atom is -0.481 e. The van der Waals surface area contributed by atoms with Crippen molar-refractivity contribution < 1.29 is 24.2 Å². The van der Waals surface area contributed by atoms with Crippen LogP contribution in [-0.4, -0.2) is 53.2 Å². The van der Waals surface area contributed by atoms with Crippen LogP contribution in [0, 0.1) is 11.3 Å². The zero-order valence-electron chi connectivity index (χ0n) is 20.2. The van der Waals surface area contributed by atoms with Gasteiger partial charge in [0.25, 0.3) is 0 Å². The number of carboxylic acid groups (broad SMARTS) is 1. The Morgan fingerprint density at radius 3 is 2.29 bits per heavy atom. The third-order valence-electron chi connectivity index (χ3n) is 7.95. The number of ether oxygens (including phenoxy) is 1. The molecule has 3 atom stereocenters. The Hall–Kier alpha value is -3.35. The first-order valence-corrected chi connectivity index (χ1v) is 12.4. The number of fused-ring (bicyclic) bond motifs is 4. The summed E-state index contributed by atoms with van der Waals surface area (Å²) in [6.45, 7) is 4.30. The van der Waals surface area contributed by atoms with Gasteiger partial charge in [-0.3, -0.25) is 9.59 Å². The van der Waals surface area contributed by atoms with Crippen molar-refractivity contribution in [1.82, 2.24) is 10.2 Å². The number of rotatable bonds is 8. The van der Waals surface area contributed by atoms with E-state index in [2.05, 4.69) is 29.6 Å². The van der Waals surface area contributed by atoms with E-state index in [0.717, 1.165) is 12.8 Å². The van der Waals surface area contributed by atoms with Crippen LogP contribution in [0.2, 0.25) is 0 Å². The third-order valence-corrected chi connectivity index (χ3v) is 7.95. The lowest BCUT2D eigenvalue weighted by Gasteiger charge is -2.30. The number of hydrogen-bond donors (Lipinski definition) is 2. The summed E-state index contributed by atoms with van der Waals surface area (Å²) in [4.78, 5) is 38.7. The molecule has 7 heteroatoms. The molecule has 0 saturated heterocycles. The second kappa shape index (κ2) is 9.02. The maximum Gasteiger partial charge on any atom is 0.407 e. The number of carbonyl (C=O) groups is 3. The number of alkyl carbamates (subject to hydrolysis) is 1. The van der Waals surface area contributed by atoms with Crippen molar-refractivity contribution in [2.45, 2.75) is 57.5 Å². The lowest BCUT2D eigenvalue weighted by atomic mass is 9.98. The zero-order valence-corrected chi connectivity index (χ0v) is 20.2. The first kappa shape index (κ1) is 23.4. The SMILES string of the molecule is CC(C)N(CCC(=O)O)C(=O)[C@]12C[C@H](NC(=O)OCC3c4ccccc4-c4ccccc43)C[C@H]1C2. The maximum atomic E-state index is 13.3. The molecular formula is C28H32N2O5. The summed E-state index contributed by atoms with van der Waals surface area (Å²) < 4.78 is 5.69. The van der Waals surface area contributed by atoms with E-state index in [1.165, 1.54) is 22.3 Å². The second-order valence-electron chi connectivity index (χ2n) is 10.4. The molecule has 0 radical (unpaired) electrons. The summed E-state index contributed by atoms with van der Waals surface area (Å²) in [5.41, 5.74) is 4.24. The molecule has 2 saturated carbocycles. The van der Waals surface area contributed by atoms with Gasteiger partial charge in [0, 0.05) is 24.5 Å². The molecule has 3 aliphatic carbocycles. The minimum atomic E-state index is -0.908. The Balaban J connectivity index is 1.18. The number of benzene rings is 2. The summed E-state index contributed by atoms with van der Waals surface area (Å²) in [6, 6.07) is 16.3. The molecule has 3 aliphatic rings. The molecule has 0 aliphatic heterocycles. The summed E-state index contributed by atoms with van der Waals surface area (Å²) in [5, 5.41) is 12.0. The Kier molecular flexibility index (Phi) is 6.03. The van der Waals surface area contributed by atoms with Gasteiger partial charge in [-0.15, -0.1) is 0 Å². The Bertz CT molecular complexity index is 1120. The second-order valence-corrected chi connectivity index (χ2v) is 10.4. The van der Waals surface area contributed by atoms with Crippen LogP contribution in [-0.2, 0) is 14.3 Å². The highest BCUT2D eigenvalue weighted by Gasteiger charge is 2.66. The number of hydrogen-bond acceptors (Lipinski definition) is 4. The highest BCUT2D eigenvalue weighted by Crippen LogP contribution is 2.64. The van der Waals surface area contributed by atoms with E-state index in [1.807, 2.05) is 38.1 Å². The van der Waals surface area contributed by atoms with E-state index < -0.39 is 17.5 Å². The quantitative estimate of drug-likeness (QED) is 0.589. The van der Waals surface area contributed by atoms with Crippen LogP contribution in [0.3, 0.4) is 0 Å². The molecular weight excluding hydrogens is 444 g/mol. The Morgan fingerprint density at radius 2 is 1.69 bits per heavy atom. The van der Waals surface area contributed by atoms with E-state index >= 15 is 0 Å². The van der Waals surface area contributed by atoms with Crippen molar-refractivity contribution in [3.05, 3.63) is 59.7 Å². The van der Waals surface area contributed by atoms with Gasteiger partial charge in [-0.1, -0.05) is 48.5 Å². The van der Waals surface area contributed by atoms with Gasteiger partial charge < -0.3 is 20.1 Å². The van der Waals surface area contributed by atoms with Crippen molar-refractivity contribution in [3.8, 4) is 11.1 Å². The van der Waals surface area contributed by atoms with Gasteiger partial charge in [-0.2, -0.15) is 0 Å². The number of amides is 2. The molecule has 2 fully saturated rings. The highest BCUT2D eigenvalue weighted by molar-refractivity contribution is 5.87. The summed E-state index contributed by atoms with van der Waals surface area (Å²) >= 11 is 0. The van der Waals surface area contributed by atoms with Crippen LogP contribution in [0.1, 0.15) is 56.6 Å². The fourth-order valence-corrected chi connectivity index (χ4v) is 6.17. The van der Waals surface area contributed by atoms with Crippen LogP contribution in [0.4, 0.5) is 4.79 Å². The van der Waals surface area contributed by atoms with Crippen LogP contribution in [0.5, 0.6) is 0 Å². The molecule has 0 unspecified atom stereocenters. The fraction of sp³-hybridized carbons (Fsp3) is 0.464. The van der Waals surface area contributed by atoms with Crippen molar-refractivity contribution in [2.24, 2.45) is 11.3 Å². The van der Waals surface area contributed by atoms with E-state index in [0.29, 0.717) is 6.42 Å². The van der Waals surface area contributed by atoms with Gasteiger partial charge in [0.1, 0.15) is 6.61 Å².